The van der Waals surface area contributed by atoms with E-state index in [0.717, 1.165) is 23.1 Å². The molecule has 0 saturated carbocycles. The second-order valence-corrected chi connectivity index (χ2v) is 12.3. The predicted octanol–water partition coefficient (Wildman–Crippen LogP) is 6.52. The third-order valence-electron chi connectivity index (χ3n) is 6.31. The molecule has 1 aliphatic rings. The standard InChI is InChI=1S/C26H30Cl2F3NO5S/c1-2-36-25(33)32-24-9-6-18-5-7-19(37-11-3-12-38(34,35)13-10-26(29,30)31)16-20(18)21(24)14-17-4-8-22(27)23(28)15-17/h4-5,7-8,15-16,21,24H,2-3,6,9-14H2,1H3,(H,32,33). The molecule has 38 heavy (non-hydrogen) atoms. The van der Waals surface area contributed by atoms with Crippen molar-refractivity contribution >= 4 is 39.1 Å². The normalized spacial score (nSPS) is 17.5. The summed E-state index contributed by atoms with van der Waals surface area (Å²) in [4.78, 5) is 12.2. The van der Waals surface area contributed by atoms with E-state index in [-0.39, 0.29) is 37.3 Å². The van der Waals surface area contributed by atoms with Crippen molar-refractivity contribution < 1.29 is 35.9 Å². The van der Waals surface area contributed by atoms with Gasteiger partial charge in [-0.25, -0.2) is 13.2 Å². The van der Waals surface area contributed by atoms with Crippen molar-refractivity contribution in [2.75, 3.05) is 24.7 Å². The molecule has 0 saturated heterocycles. The zero-order valence-electron chi connectivity index (χ0n) is 20.8. The molecule has 2 atom stereocenters. The van der Waals surface area contributed by atoms with E-state index in [2.05, 4.69) is 5.32 Å². The molecule has 0 radical (unpaired) electrons. The minimum Gasteiger partial charge on any atom is -0.494 e. The number of fused-ring (bicyclic) bond motifs is 1. The number of sulfone groups is 1. The van der Waals surface area contributed by atoms with Crippen LogP contribution in [0.5, 0.6) is 5.75 Å². The molecule has 0 fully saturated rings. The lowest BCUT2D eigenvalue weighted by Crippen LogP contribution is -2.43. The molecule has 0 heterocycles. The maximum atomic E-state index is 12.3. The average molecular weight is 596 g/mol. The van der Waals surface area contributed by atoms with Gasteiger partial charge in [0, 0.05) is 12.0 Å². The predicted molar refractivity (Wildman–Crippen MR) is 141 cm³/mol. The molecule has 0 aromatic heterocycles. The molecule has 210 valence electrons. The quantitative estimate of drug-likeness (QED) is 0.299. The highest BCUT2D eigenvalue weighted by molar-refractivity contribution is 7.91. The number of aryl methyl sites for hydroxylation is 1. The number of carbonyl (C=O) groups excluding carboxylic acids is 1. The first-order chi connectivity index (χ1) is 17.9. The minimum absolute atomic E-state index is 0.0337. The molecule has 1 N–H and O–H groups in total. The third-order valence-corrected chi connectivity index (χ3v) is 8.79. The van der Waals surface area contributed by atoms with Gasteiger partial charge in [-0.15, -0.1) is 0 Å². The van der Waals surface area contributed by atoms with Gasteiger partial charge in [0.15, 0.2) is 9.84 Å². The van der Waals surface area contributed by atoms with Gasteiger partial charge < -0.3 is 14.8 Å². The Hall–Kier alpha value is -2.17. The van der Waals surface area contributed by atoms with Gasteiger partial charge in [-0.1, -0.05) is 35.3 Å². The van der Waals surface area contributed by atoms with Crippen LogP contribution in [0.4, 0.5) is 18.0 Å². The Labute approximate surface area is 230 Å². The molecule has 0 aliphatic heterocycles. The second kappa shape index (κ2) is 13.3. The van der Waals surface area contributed by atoms with Crippen molar-refractivity contribution in [2.45, 2.75) is 57.2 Å². The summed E-state index contributed by atoms with van der Waals surface area (Å²) in [5.41, 5.74) is 3.00. The number of alkyl halides is 3. The number of halogens is 5. The van der Waals surface area contributed by atoms with Gasteiger partial charge in [-0.05, 0) is 73.6 Å². The smallest absolute Gasteiger partial charge is 0.407 e. The summed E-state index contributed by atoms with van der Waals surface area (Å²) in [6.07, 6.45) is -4.32. The minimum atomic E-state index is -4.51. The van der Waals surface area contributed by atoms with E-state index in [0.29, 0.717) is 28.6 Å². The molecule has 0 bridgehead atoms. The Morgan fingerprint density at radius 1 is 1.11 bits per heavy atom. The Kier molecular flexibility index (Phi) is 10.6. The number of benzene rings is 2. The Balaban J connectivity index is 1.73. The van der Waals surface area contributed by atoms with E-state index < -0.39 is 34.3 Å². The van der Waals surface area contributed by atoms with E-state index in [1.54, 1.807) is 25.1 Å². The first-order valence-corrected chi connectivity index (χ1v) is 14.8. The summed E-state index contributed by atoms with van der Waals surface area (Å²) >= 11 is 12.3. The van der Waals surface area contributed by atoms with Crippen LogP contribution < -0.4 is 10.1 Å². The summed E-state index contributed by atoms with van der Waals surface area (Å²) in [7, 11) is -3.83. The highest BCUT2D eigenvalue weighted by Crippen LogP contribution is 2.37. The number of amides is 1. The summed E-state index contributed by atoms with van der Waals surface area (Å²) in [5.74, 6) is -0.945. The summed E-state index contributed by atoms with van der Waals surface area (Å²) in [5, 5.41) is 3.83. The van der Waals surface area contributed by atoms with Crippen LogP contribution in [0.15, 0.2) is 36.4 Å². The van der Waals surface area contributed by atoms with Crippen LogP contribution >= 0.6 is 23.2 Å². The van der Waals surface area contributed by atoms with Crippen molar-refractivity contribution in [1.82, 2.24) is 5.32 Å². The zero-order valence-corrected chi connectivity index (χ0v) is 23.2. The van der Waals surface area contributed by atoms with Crippen LogP contribution in [-0.2, 0) is 27.4 Å². The monoisotopic (exact) mass is 595 g/mol. The molecule has 1 aliphatic carbocycles. The zero-order chi connectivity index (χ0) is 27.9. The van der Waals surface area contributed by atoms with Crippen molar-refractivity contribution in [2.24, 2.45) is 0 Å². The fraction of sp³-hybridized carbons (Fsp3) is 0.500. The number of ether oxygens (including phenoxy) is 2. The number of hydrogen-bond donors (Lipinski definition) is 1. The molecule has 6 nitrogen and oxygen atoms in total. The second-order valence-electron chi connectivity index (χ2n) is 9.15. The van der Waals surface area contributed by atoms with Crippen LogP contribution in [-0.4, -0.2) is 51.4 Å². The first-order valence-electron chi connectivity index (χ1n) is 12.3. The number of nitrogens with one attached hydrogen (secondary N) is 1. The molecular formula is C26H30Cl2F3NO5S. The van der Waals surface area contributed by atoms with Crippen LogP contribution in [0.25, 0.3) is 0 Å². The molecule has 1 amide bonds. The van der Waals surface area contributed by atoms with Crippen molar-refractivity contribution in [3.05, 3.63) is 63.1 Å². The van der Waals surface area contributed by atoms with E-state index in [4.69, 9.17) is 32.7 Å². The largest absolute Gasteiger partial charge is 0.494 e. The molecular weight excluding hydrogens is 566 g/mol. The molecule has 2 unspecified atom stereocenters. The number of carbonyl (C=O) groups is 1. The molecule has 12 heteroatoms. The highest BCUT2D eigenvalue weighted by atomic mass is 35.5. The topological polar surface area (TPSA) is 81.7 Å². The third kappa shape index (κ3) is 9.24. The summed E-state index contributed by atoms with van der Waals surface area (Å²) < 4.78 is 71.7. The first kappa shape index (κ1) is 30.4. The lowest BCUT2D eigenvalue weighted by molar-refractivity contribution is -0.129. The van der Waals surface area contributed by atoms with Crippen molar-refractivity contribution in [3.63, 3.8) is 0 Å². The Morgan fingerprint density at radius 3 is 2.55 bits per heavy atom. The van der Waals surface area contributed by atoms with E-state index >= 15 is 0 Å². The van der Waals surface area contributed by atoms with Gasteiger partial charge in [0.25, 0.3) is 0 Å². The molecule has 3 rings (SSSR count). The SMILES string of the molecule is CCOC(=O)NC1CCc2ccc(OCCCS(=O)(=O)CCC(F)(F)F)cc2C1Cc1ccc(Cl)c(Cl)c1. The highest BCUT2D eigenvalue weighted by Gasteiger charge is 2.32. The van der Waals surface area contributed by atoms with Gasteiger partial charge >= 0.3 is 12.3 Å². The molecule has 0 spiro atoms. The number of rotatable bonds is 11. The van der Waals surface area contributed by atoms with Gasteiger partial charge in [0.2, 0.25) is 0 Å². The van der Waals surface area contributed by atoms with Gasteiger partial charge in [-0.2, -0.15) is 13.2 Å². The lowest BCUT2D eigenvalue weighted by atomic mass is 9.76. The van der Waals surface area contributed by atoms with Crippen LogP contribution in [0.1, 0.15) is 48.8 Å². The maximum Gasteiger partial charge on any atom is 0.407 e. The lowest BCUT2D eigenvalue weighted by Gasteiger charge is -2.34. The van der Waals surface area contributed by atoms with E-state index in [1.807, 2.05) is 18.2 Å². The van der Waals surface area contributed by atoms with Crippen LogP contribution in [0.2, 0.25) is 10.0 Å². The maximum absolute atomic E-state index is 12.3. The van der Waals surface area contributed by atoms with Gasteiger partial charge in [0.1, 0.15) is 5.75 Å². The van der Waals surface area contributed by atoms with E-state index in [9.17, 15) is 26.4 Å². The average Bonchev–Trinajstić information content (AvgIpc) is 2.84. The Bertz CT molecular complexity index is 1220. The summed E-state index contributed by atoms with van der Waals surface area (Å²) in [6.45, 7) is 2.01. The molecule has 2 aromatic rings. The van der Waals surface area contributed by atoms with E-state index in [1.165, 1.54) is 0 Å². The molecule has 2 aromatic carbocycles. The fourth-order valence-electron chi connectivity index (χ4n) is 4.48. The van der Waals surface area contributed by atoms with Gasteiger partial charge in [-0.3, -0.25) is 0 Å². The summed E-state index contributed by atoms with van der Waals surface area (Å²) in [6, 6.07) is 10.8. The van der Waals surface area contributed by atoms with Crippen LogP contribution in [0.3, 0.4) is 0 Å². The number of alkyl carbamates (subject to hydrolysis) is 1. The Morgan fingerprint density at radius 2 is 1.87 bits per heavy atom. The van der Waals surface area contributed by atoms with Crippen molar-refractivity contribution in [1.29, 1.82) is 0 Å². The fourth-order valence-corrected chi connectivity index (χ4v) is 6.10. The number of hydrogen-bond acceptors (Lipinski definition) is 5. The van der Waals surface area contributed by atoms with Crippen LogP contribution in [0, 0.1) is 0 Å². The van der Waals surface area contributed by atoms with Crippen molar-refractivity contribution in [3.8, 4) is 5.75 Å². The van der Waals surface area contributed by atoms with Gasteiger partial charge in [0.05, 0.1) is 41.2 Å².